The Bertz CT molecular complexity index is 601. The summed E-state index contributed by atoms with van der Waals surface area (Å²) in [7, 11) is 0. The molecular formula is C20H34N4O4. The molecule has 2 aliphatic heterocycles. The van der Waals surface area contributed by atoms with Gasteiger partial charge in [-0.25, -0.2) is 4.79 Å². The van der Waals surface area contributed by atoms with Gasteiger partial charge in [-0.1, -0.05) is 19.0 Å². The molecule has 2 saturated heterocycles. The van der Waals surface area contributed by atoms with E-state index in [2.05, 4.69) is 29.3 Å². The Morgan fingerprint density at radius 2 is 2.11 bits per heavy atom. The zero-order valence-electron chi connectivity index (χ0n) is 17.2. The van der Waals surface area contributed by atoms with Gasteiger partial charge in [0.15, 0.2) is 5.82 Å². The molecular weight excluding hydrogens is 360 g/mol. The number of aromatic nitrogens is 2. The van der Waals surface area contributed by atoms with E-state index in [1.54, 1.807) is 0 Å². The molecule has 1 N–H and O–H groups in total. The number of likely N-dealkylation sites (tertiary alicyclic amines) is 1. The molecule has 0 aromatic carbocycles. The lowest BCUT2D eigenvalue weighted by atomic mass is 10.0. The van der Waals surface area contributed by atoms with Gasteiger partial charge in [-0.2, -0.15) is 4.98 Å². The van der Waals surface area contributed by atoms with Crippen LogP contribution in [0.25, 0.3) is 0 Å². The molecule has 8 nitrogen and oxygen atoms in total. The summed E-state index contributed by atoms with van der Waals surface area (Å²) in [5.41, 5.74) is 0. The first-order valence-corrected chi connectivity index (χ1v) is 10.7. The Morgan fingerprint density at radius 3 is 2.89 bits per heavy atom. The van der Waals surface area contributed by atoms with E-state index in [1.807, 2.05) is 4.90 Å². The van der Waals surface area contributed by atoms with Gasteiger partial charge in [-0.05, 0) is 43.9 Å². The number of ether oxygens (including phenoxy) is 2. The van der Waals surface area contributed by atoms with Crippen molar-refractivity contribution >= 4 is 6.03 Å². The molecule has 158 valence electrons. The van der Waals surface area contributed by atoms with Crippen LogP contribution in [-0.4, -0.2) is 60.6 Å². The van der Waals surface area contributed by atoms with Crippen molar-refractivity contribution in [1.29, 1.82) is 0 Å². The van der Waals surface area contributed by atoms with Crippen molar-refractivity contribution in [2.75, 3.05) is 39.5 Å². The molecule has 0 aliphatic carbocycles. The fraction of sp³-hybridized carbons (Fsp3) is 0.850. The normalized spacial score (nSPS) is 21.2. The molecule has 1 aromatic heterocycles. The molecule has 1 atom stereocenters. The van der Waals surface area contributed by atoms with Gasteiger partial charge >= 0.3 is 6.03 Å². The number of hydrogen-bond donors (Lipinski definition) is 1. The Hall–Kier alpha value is -1.67. The average molecular weight is 395 g/mol. The number of carbonyl (C=O) groups is 1. The summed E-state index contributed by atoms with van der Waals surface area (Å²) < 4.78 is 16.7. The molecule has 2 fully saturated rings. The SMILES string of the molecule is CC(C)CNC(=O)N1CCCCC1c1nc(CCOCC2CCOCC2)no1. The predicted molar refractivity (Wildman–Crippen MR) is 104 cm³/mol. The van der Waals surface area contributed by atoms with E-state index in [4.69, 9.17) is 14.0 Å². The number of nitrogens with zero attached hydrogens (tertiary/aromatic N) is 3. The Kier molecular flexibility index (Phi) is 8.09. The maximum atomic E-state index is 12.6. The lowest BCUT2D eigenvalue weighted by Gasteiger charge is -2.33. The van der Waals surface area contributed by atoms with Gasteiger partial charge in [0.1, 0.15) is 6.04 Å². The van der Waals surface area contributed by atoms with Gasteiger partial charge in [0.2, 0.25) is 5.89 Å². The molecule has 0 bridgehead atoms. The smallest absolute Gasteiger partial charge is 0.318 e. The molecule has 3 heterocycles. The van der Waals surface area contributed by atoms with Crippen LogP contribution in [0.15, 0.2) is 4.52 Å². The highest BCUT2D eigenvalue weighted by molar-refractivity contribution is 5.74. The average Bonchev–Trinajstić information content (AvgIpc) is 3.19. The fourth-order valence-electron chi connectivity index (χ4n) is 3.66. The largest absolute Gasteiger partial charge is 0.381 e. The topological polar surface area (TPSA) is 89.7 Å². The second-order valence-electron chi connectivity index (χ2n) is 8.21. The molecule has 0 radical (unpaired) electrons. The summed E-state index contributed by atoms with van der Waals surface area (Å²) in [6, 6.07) is -0.178. The van der Waals surface area contributed by atoms with E-state index in [-0.39, 0.29) is 12.1 Å². The second-order valence-corrected chi connectivity index (χ2v) is 8.21. The Morgan fingerprint density at radius 1 is 1.29 bits per heavy atom. The summed E-state index contributed by atoms with van der Waals surface area (Å²) in [6.07, 6.45) is 5.69. The van der Waals surface area contributed by atoms with Crippen LogP contribution in [0.1, 0.15) is 63.7 Å². The number of amides is 2. The number of piperidine rings is 1. The van der Waals surface area contributed by atoms with Gasteiger partial charge in [-0.15, -0.1) is 0 Å². The highest BCUT2D eigenvalue weighted by Crippen LogP contribution is 2.30. The third kappa shape index (κ3) is 6.17. The molecule has 2 aliphatic rings. The van der Waals surface area contributed by atoms with Gasteiger partial charge in [0, 0.05) is 39.3 Å². The summed E-state index contributed by atoms with van der Waals surface area (Å²) in [5, 5.41) is 7.10. The van der Waals surface area contributed by atoms with Crippen molar-refractivity contribution in [2.45, 2.75) is 58.4 Å². The van der Waals surface area contributed by atoms with Crippen LogP contribution in [0.5, 0.6) is 0 Å². The van der Waals surface area contributed by atoms with E-state index in [1.165, 1.54) is 0 Å². The summed E-state index contributed by atoms with van der Waals surface area (Å²) in [4.78, 5) is 18.9. The van der Waals surface area contributed by atoms with E-state index < -0.39 is 0 Å². The zero-order valence-corrected chi connectivity index (χ0v) is 17.2. The highest BCUT2D eigenvalue weighted by Gasteiger charge is 2.32. The molecule has 3 rings (SSSR count). The van der Waals surface area contributed by atoms with Crippen LogP contribution >= 0.6 is 0 Å². The molecule has 2 amide bonds. The van der Waals surface area contributed by atoms with Crippen molar-refractivity contribution in [1.82, 2.24) is 20.4 Å². The number of rotatable bonds is 8. The van der Waals surface area contributed by atoms with Gasteiger partial charge < -0.3 is 24.2 Å². The molecule has 1 unspecified atom stereocenters. The summed E-state index contributed by atoms with van der Waals surface area (Å²) in [5.74, 6) is 2.20. The predicted octanol–water partition coefficient (Wildman–Crippen LogP) is 2.95. The minimum absolute atomic E-state index is 0.0436. The van der Waals surface area contributed by atoms with E-state index in [0.29, 0.717) is 43.1 Å². The van der Waals surface area contributed by atoms with E-state index >= 15 is 0 Å². The molecule has 8 heteroatoms. The van der Waals surface area contributed by atoms with Crippen molar-refractivity contribution in [3.63, 3.8) is 0 Å². The van der Waals surface area contributed by atoms with Crippen molar-refractivity contribution in [3.05, 3.63) is 11.7 Å². The van der Waals surface area contributed by atoms with Crippen LogP contribution in [0.2, 0.25) is 0 Å². The highest BCUT2D eigenvalue weighted by atomic mass is 16.5. The molecule has 0 spiro atoms. The van der Waals surface area contributed by atoms with E-state index in [0.717, 1.165) is 58.5 Å². The lowest BCUT2D eigenvalue weighted by molar-refractivity contribution is 0.0211. The number of carbonyl (C=O) groups excluding carboxylic acids is 1. The van der Waals surface area contributed by atoms with Crippen LogP contribution < -0.4 is 5.32 Å². The maximum absolute atomic E-state index is 12.6. The first kappa shape index (κ1) is 21.0. The van der Waals surface area contributed by atoms with Crippen LogP contribution in [0, 0.1) is 11.8 Å². The van der Waals surface area contributed by atoms with Crippen LogP contribution in [-0.2, 0) is 15.9 Å². The van der Waals surface area contributed by atoms with Crippen LogP contribution in [0.3, 0.4) is 0 Å². The minimum Gasteiger partial charge on any atom is -0.381 e. The van der Waals surface area contributed by atoms with Crippen molar-refractivity contribution < 1.29 is 18.8 Å². The van der Waals surface area contributed by atoms with Crippen molar-refractivity contribution in [3.8, 4) is 0 Å². The lowest BCUT2D eigenvalue weighted by Crippen LogP contribution is -2.45. The van der Waals surface area contributed by atoms with Gasteiger partial charge in [0.25, 0.3) is 0 Å². The summed E-state index contributed by atoms with van der Waals surface area (Å²) in [6.45, 7) is 8.59. The van der Waals surface area contributed by atoms with Gasteiger partial charge in [0.05, 0.1) is 6.61 Å². The van der Waals surface area contributed by atoms with Gasteiger partial charge in [-0.3, -0.25) is 0 Å². The molecule has 1 aromatic rings. The first-order valence-electron chi connectivity index (χ1n) is 10.7. The minimum atomic E-state index is -0.134. The van der Waals surface area contributed by atoms with Crippen LogP contribution in [0.4, 0.5) is 4.79 Å². The summed E-state index contributed by atoms with van der Waals surface area (Å²) >= 11 is 0. The third-order valence-electron chi connectivity index (χ3n) is 5.36. The quantitative estimate of drug-likeness (QED) is 0.682. The Labute approximate surface area is 167 Å². The number of urea groups is 1. The van der Waals surface area contributed by atoms with Crippen molar-refractivity contribution in [2.24, 2.45) is 11.8 Å². The molecule has 0 saturated carbocycles. The van der Waals surface area contributed by atoms with E-state index in [9.17, 15) is 4.79 Å². The fourth-order valence-corrected chi connectivity index (χ4v) is 3.66. The number of nitrogens with one attached hydrogen (secondary N) is 1. The zero-order chi connectivity index (χ0) is 19.8. The third-order valence-corrected chi connectivity index (χ3v) is 5.36. The second kappa shape index (κ2) is 10.8. The molecule has 28 heavy (non-hydrogen) atoms. The standard InChI is InChI=1S/C20H34N4O4/c1-15(2)13-21-20(25)24-9-4-3-5-17(24)19-22-18(23-28-19)8-12-27-14-16-6-10-26-11-7-16/h15-17H,3-14H2,1-2H3,(H,21,25). The first-order chi connectivity index (χ1) is 13.6. The monoisotopic (exact) mass is 394 g/mol. The Balaban J connectivity index is 1.47. The maximum Gasteiger partial charge on any atom is 0.318 e. The number of hydrogen-bond acceptors (Lipinski definition) is 6.